The van der Waals surface area contributed by atoms with E-state index in [1.165, 1.54) is 10.4 Å². The SMILES string of the molecule is Cc1cccc(NC(=O)C2CCCN(S(=O)(=O)c3ccc(C)o3)C2)n1. The summed E-state index contributed by atoms with van der Waals surface area (Å²) >= 11 is 0. The number of aromatic nitrogens is 1. The van der Waals surface area contributed by atoms with Gasteiger partial charge in [-0.2, -0.15) is 4.31 Å². The number of amides is 1. The lowest BCUT2D eigenvalue weighted by molar-refractivity contribution is -0.120. The molecule has 1 saturated heterocycles. The number of anilines is 1. The maximum Gasteiger partial charge on any atom is 0.276 e. The highest BCUT2D eigenvalue weighted by atomic mass is 32.2. The van der Waals surface area contributed by atoms with Crippen LogP contribution in [0.5, 0.6) is 0 Å². The molecule has 0 bridgehead atoms. The minimum Gasteiger partial charge on any atom is -0.449 e. The number of hydrogen-bond acceptors (Lipinski definition) is 5. The molecule has 1 atom stereocenters. The predicted molar refractivity (Wildman–Crippen MR) is 92.5 cm³/mol. The molecule has 3 rings (SSSR count). The zero-order valence-electron chi connectivity index (χ0n) is 14.2. The van der Waals surface area contributed by atoms with Crippen LogP contribution < -0.4 is 5.32 Å². The molecule has 1 aliphatic rings. The highest BCUT2D eigenvalue weighted by molar-refractivity contribution is 7.89. The summed E-state index contributed by atoms with van der Waals surface area (Å²) in [6, 6.07) is 8.44. The first-order valence-electron chi connectivity index (χ1n) is 8.17. The van der Waals surface area contributed by atoms with E-state index < -0.39 is 15.9 Å². The Hall–Kier alpha value is -2.19. The van der Waals surface area contributed by atoms with Crippen LogP contribution in [0.15, 0.2) is 39.8 Å². The average Bonchev–Trinajstić information content (AvgIpc) is 3.02. The molecule has 1 amide bonds. The predicted octanol–water partition coefficient (Wildman–Crippen LogP) is 2.33. The highest BCUT2D eigenvalue weighted by Gasteiger charge is 2.35. The van der Waals surface area contributed by atoms with E-state index in [2.05, 4.69) is 10.3 Å². The lowest BCUT2D eigenvalue weighted by atomic mass is 9.99. The van der Waals surface area contributed by atoms with Crippen molar-refractivity contribution < 1.29 is 17.6 Å². The van der Waals surface area contributed by atoms with E-state index in [0.29, 0.717) is 31.0 Å². The van der Waals surface area contributed by atoms with Crippen molar-refractivity contribution >= 4 is 21.7 Å². The molecule has 134 valence electrons. The first kappa shape index (κ1) is 17.6. The zero-order chi connectivity index (χ0) is 18.0. The highest BCUT2D eigenvalue weighted by Crippen LogP contribution is 2.25. The van der Waals surface area contributed by atoms with Crippen molar-refractivity contribution in [3.8, 4) is 0 Å². The Bertz CT molecular complexity index is 876. The maximum atomic E-state index is 12.7. The molecule has 2 aromatic heterocycles. The fourth-order valence-electron chi connectivity index (χ4n) is 2.89. The summed E-state index contributed by atoms with van der Waals surface area (Å²) in [7, 11) is -3.72. The van der Waals surface area contributed by atoms with Crippen molar-refractivity contribution in [2.75, 3.05) is 18.4 Å². The van der Waals surface area contributed by atoms with Gasteiger partial charge in [-0.1, -0.05) is 6.07 Å². The van der Waals surface area contributed by atoms with E-state index in [0.717, 1.165) is 5.69 Å². The number of aryl methyl sites for hydroxylation is 2. The number of nitrogens with one attached hydrogen (secondary N) is 1. The first-order chi connectivity index (χ1) is 11.9. The third-order valence-electron chi connectivity index (χ3n) is 4.20. The van der Waals surface area contributed by atoms with Crippen LogP contribution in [0.4, 0.5) is 5.82 Å². The molecule has 0 saturated carbocycles. The maximum absolute atomic E-state index is 12.7. The molecule has 7 nitrogen and oxygen atoms in total. The number of sulfonamides is 1. The number of piperidine rings is 1. The van der Waals surface area contributed by atoms with E-state index in [1.54, 1.807) is 19.1 Å². The van der Waals surface area contributed by atoms with Crippen molar-refractivity contribution in [2.45, 2.75) is 31.8 Å². The Balaban J connectivity index is 1.71. The van der Waals surface area contributed by atoms with Crippen LogP contribution in [0, 0.1) is 19.8 Å². The molecule has 3 heterocycles. The Morgan fingerprint density at radius 2 is 2.08 bits per heavy atom. The van der Waals surface area contributed by atoms with Crippen LogP contribution in [-0.2, 0) is 14.8 Å². The van der Waals surface area contributed by atoms with E-state index in [1.807, 2.05) is 19.1 Å². The topological polar surface area (TPSA) is 92.5 Å². The Morgan fingerprint density at radius 1 is 1.28 bits per heavy atom. The summed E-state index contributed by atoms with van der Waals surface area (Å²) in [6.07, 6.45) is 1.26. The van der Waals surface area contributed by atoms with Gasteiger partial charge in [0.05, 0.1) is 5.92 Å². The fourth-order valence-corrected chi connectivity index (χ4v) is 4.37. The quantitative estimate of drug-likeness (QED) is 0.900. The molecule has 1 aliphatic heterocycles. The Labute approximate surface area is 147 Å². The number of pyridine rings is 1. The third kappa shape index (κ3) is 3.91. The van der Waals surface area contributed by atoms with Gasteiger partial charge in [-0.05, 0) is 51.0 Å². The van der Waals surface area contributed by atoms with E-state index >= 15 is 0 Å². The van der Waals surface area contributed by atoms with Gasteiger partial charge in [-0.25, -0.2) is 13.4 Å². The molecule has 1 fully saturated rings. The second-order valence-corrected chi connectivity index (χ2v) is 8.09. The van der Waals surface area contributed by atoms with Crippen LogP contribution in [-0.4, -0.2) is 36.7 Å². The Morgan fingerprint density at radius 3 is 2.76 bits per heavy atom. The van der Waals surface area contributed by atoms with Crippen LogP contribution >= 0.6 is 0 Å². The van der Waals surface area contributed by atoms with Gasteiger partial charge in [0.25, 0.3) is 10.0 Å². The summed E-state index contributed by atoms with van der Waals surface area (Å²) in [5, 5.41) is 2.70. The van der Waals surface area contributed by atoms with Crippen LogP contribution in [0.25, 0.3) is 0 Å². The van der Waals surface area contributed by atoms with Gasteiger partial charge in [-0.15, -0.1) is 0 Å². The van der Waals surface area contributed by atoms with Crippen molar-refractivity contribution in [3.63, 3.8) is 0 Å². The van der Waals surface area contributed by atoms with Gasteiger partial charge in [0.2, 0.25) is 11.0 Å². The summed E-state index contributed by atoms with van der Waals surface area (Å²) in [5.41, 5.74) is 0.804. The summed E-state index contributed by atoms with van der Waals surface area (Å²) in [4.78, 5) is 16.7. The molecule has 0 aliphatic carbocycles. The molecule has 0 aromatic carbocycles. The zero-order valence-corrected chi connectivity index (χ0v) is 15.0. The number of nitrogens with zero attached hydrogens (tertiary/aromatic N) is 2. The smallest absolute Gasteiger partial charge is 0.276 e. The molecule has 1 N–H and O–H groups in total. The van der Waals surface area contributed by atoms with Gasteiger partial charge in [0, 0.05) is 18.8 Å². The van der Waals surface area contributed by atoms with Gasteiger partial charge < -0.3 is 9.73 Å². The van der Waals surface area contributed by atoms with E-state index in [4.69, 9.17) is 4.42 Å². The molecule has 8 heteroatoms. The molecule has 1 unspecified atom stereocenters. The van der Waals surface area contributed by atoms with Gasteiger partial charge in [0.15, 0.2) is 0 Å². The van der Waals surface area contributed by atoms with Gasteiger partial charge >= 0.3 is 0 Å². The summed E-state index contributed by atoms with van der Waals surface area (Å²) in [6.45, 7) is 4.06. The minimum atomic E-state index is -3.72. The minimum absolute atomic E-state index is 0.0774. The number of furan rings is 1. The molecule has 25 heavy (non-hydrogen) atoms. The van der Waals surface area contributed by atoms with Gasteiger partial charge in [-0.3, -0.25) is 4.79 Å². The second-order valence-electron chi connectivity index (χ2n) is 6.22. The van der Waals surface area contributed by atoms with Gasteiger partial charge in [0.1, 0.15) is 11.6 Å². The van der Waals surface area contributed by atoms with Crippen LogP contribution in [0.1, 0.15) is 24.3 Å². The van der Waals surface area contributed by atoms with Crippen molar-refractivity contribution in [1.82, 2.24) is 9.29 Å². The fraction of sp³-hybridized carbons (Fsp3) is 0.412. The monoisotopic (exact) mass is 363 g/mol. The summed E-state index contributed by atoms with van der Waals surface area (Å²) in [5.74, 6) is 0.387. The first-order valence-corrected chi connectivity index (χ1v) is 9.61. The number of hydrogen-bond donors (Lipinski definition) is 1. The van der Waals surface area contributed by atoms with Crippen molar-refractivity contribution in [3.05, 3.63) is 41.8 Å². The molecule has 0 spiro atoms. The molecular formula is C17H21N3O4S. The van der Waals surface area contributed by atoms with E-state index in [9.17, 15) is 13.2 Å². The second kappa shape index (κ2) is 6.97. The molecular weight excluding hydrogens is 342 g/mol. The van der Waals surface area contributed by atoms with Crippen LogP contribution in [0.3, 0.4) is 0 Å². The third-order valence-corrected chi connectivity index (χ3v) is 5.94. The average molecular weight is 363 g/mol. The Kier molecular flexibility index (Phi) is 4.91. The molecule has 2 aromatic rings. The van der Waals surface area contributed by atoms with Crippen molar-refractivity contribution in [1.29, 1.82) is 0 Å². The number of rotatable bonds is 4. The lowest BCUT2D eigenvalue weighted by Gasteiger charge is -2.30. The van der Waals surface area contributed by atoms with Crippen LogP contribution in [0.2, 0.25) is 0 Å². The van der Waals surface area contributed by atoms with Crippen molar-refractivity contribution in [2.24, 2.45) is 5.92 Å². The lowest BCUT2D eigenvalue weighted by Crippen LogP contribution is -2.43. The number of carbonyl (C=O) groups is 1. The van der Waals surface area contributed by atoms with E-state index in [-0.39, 0.29) is 17.5 Å². The standard InChI is InChI=1S/C17H21N3O4S/c1-12-5-3-7-15(18-12)19-17(21)14-6-4-10-20(11-14)25(22,23)16-9-8-13(2)24-16/h3,5,7-9,14H,4,6,10-11H2,1-2H3,(H,18,19,21). The normalized spacial score (nSPS) is 18.9. The summed E-state index contributed by atoms with van der Waals surface area (Å²) < 4.78 is 31.9. The largest absolute Gasteiger partial charge is 0.449 e. The molecule has 0 radical (unpaired) electrons. The number of carbonyl (C=O) groups excluding carboxylic acids is 1.